The lowest BCUT2D eigenvalue weighted by Crippen LogP contribution is -2.23. The highest BCUT2D eigenvalue weighted by Crippen LogP contribution is 2.23. The zero-order valence-electron chi connectivity index (χ0n) is 15.7. The molecule has 0 fully saturated rings. The minimum Gasteiger partial charge on any atom is -0.313 e. The first-order valence-electron chi connectivity index (χ1n) is 9.05. The van der Waals surface area contributed by atoms with Crippen molar-refractivity contribution in [2.75, 3.05) is 0 Å². The van der Waals surface area contributed by atoms with Crippen molar-refractivity contribution in [3.63, 3.8) is 0 Å². The predicted octanol–water partition coefficient (Wildman–Crippen LogP) is 3.16. The van der Waals surface area contributed by atoms with Gasteiger partial charge in [-0.3, -0.25) is 19.9 Å². The number of nitro groups is 1. The van der Waals surface area contributed by atoms with E-state index in [0.29, 0.717) is 17.1 Å². The number of hydrogen-bond donors (Lipinski definition) is 1. The number of nitrogens with zero attached hydrogens (tertiary/aromatic N) is 5. The number of nitrogens with one attached hydrogen (secondary N) is 1. The van der Waals surface area contributed by atoms with E-state index in [9.17, 15) is 14.9 Å². The molecule has 30 heavy (non-hydrogen) atoms. The summed E-state index contributed by atoms with van der Waals surface area (Å²) < 4.78 is 1.77. The summed E-state index contributed by atoms with van der Waals surface area (Å²) in [5.74, 6) is 0.214. The van der Waals surface area contributed by atoms with Gasteiger partial charge < -0.3 is 4.57 Å². The molecule has 0 saturated heterocycles. The van der Waals surface area contributed by atoms with Gasteiger partial charge >= 0.3 is 0 Å². The van der Waals surface area contributed by atoms with E-state index in [4.69, 9.17) is 0 Å². The maximum atomic E-state index is 12.5. The maximum Gasteiger partial charge on any atom is 0.270 e. The molecule has 0 saturated carbocycles. The molecule has 1 amide bonds. The van der Waals surface area contributed by atoms with Crippen molar-refractivity contribution in [1.82, 2.24) is 20.0 Å². The summed E-state index contributed by atoms with van der Waals surface area (Å²) in [5.41, 5.74) is 5.12. The number of amides is 1. The molecule has 0 bridgehead atoms. The van der Waals surface area contributed by atoms with Crippen molar-refractivity contribution in [3.8, 4) is 11.5 Å². The van der Waals surface area contributed by atoms with Gasteiger partial charge in [-0.1, -0.05) is 30.3 Å². The Morgan fingerprint density at radius 3 is 2.77 bits per heavy atom. The molecule has 2 aromatic heterocycles. The fourth-order valence-electron chi connectivity index (χ4n) is 3.00. The third-order valence-corrected chi connectivity index (χ3v) is 4.33. The number of carbonyl (C=O) groups excluding carboxylic acids is 1. The molecule has 148 valence electrons. The lowest BCUT2D eigenvalue weighted by Gasteiger charge is -2.07. The van der Waals surface area contributed by atoms with Crippen LogP contribution in [0.2, 0.25) is 0 Å². The highest BCUT2D eigenvalue weighted by Gasteiger charge is 2.15. The smallest absolute Gasteiger partial charge is 0.270 e. The van der Waals surface area contributed by atoms with E-state index in [2.05, 4.69) is 20.5 Å². The molecule has 2 aromatic carbocycles. The number of hydrazone groups is 1. The number of para-hydroxylation sites is 2. The normalized spacial score (nSPS) is 11.1. The molecule has 0 spiro atoms. The van der Waals surface area contributed by atoms with E-state index >= 15 is 0 Å². The Morgan fingerprint density at radius 1 is 1.13 bits per heavy atom. The fourth-order valence-corrected chi connectivity index (χ4v) is 3.00. The van der Waals surface area contributed by atoms with Crippen LogP contribution < -0.4 is 5.43 Å². The van der Waals surface area contributed by atoms with Crippen LogP contribution in [0, 0.1) is 10.1 Å². The molecule has 0 aliphatic heterocycles. The SMILES string of the molecule is O=C(Cn1c(-c2ccccn2)nc2ccccc21)N/N=C\c1cccc([N+](=O)[O-])c1. The molecular weight excluding hydrogens is 384 g/mol. The molecule has 9 heteroatoms. The summed E-state index contributed by atoms with van der Waals surface area (Å²) >= 11 is 0. The summed E-state index contributed by atoms with van der Waals surface area (Å²) in [7, 11) is 0. The Balaban J connectivity index is 1.55. The number of rotatable bonds is 6. The minimum absolute atomic E-state index is 0.0152. The van der Waals surface area contributed by atoms with E-state index in [-0.39, 0.29) is 18.1 Å². The van der Waals surface area contributed by atoms with Crippen molar-refractivity contribution in [2.45, 2.75) is 6.54 Å². The van der Waals surface area contributed by atoms with Gasteiger partial charge in [-0.15, -0.1) is 0 Å². The monoisotopic (exact) mass is 400 g/mol. The van der Waals surface area contributed by atoms with Crippen molar-refractivity contribution in [3.05, 3.63) is 88.6 Å². The van der Waals surface area contributed by atoms with Crippen LogP contribution in [-0.2, 0) is 11.3 Å². The number of pyridine rings is 1. The van der Waals surface area contributed by atoms with Crippen molar-refractivity contribution in [1.29, 1.82) is 0 Å². The zero-order chi connectivity index (χ0) is 20.9. The van der Waals surface area contributed by atoms with Crippen LogP contribution in [0.3, 0.4) is 0 Å². The van der Waals surface area contributed by atoms with Crippen molar-refractivity contribution < 1.29 is 9.72 Å². The summed E-state index contributed by atoms with van der Waals surface area (Å²) in [5, 5.41) is 14.8. The summed E-state index contributed by atoms with van der Waals surface area (Å²) in [4.78, 5) is 31.8. The Kier molecular flexibility index (Phi) is 5.25. The van der Waals surface area contributed by atoms with Crippen LogP contribution in [0.25, 0.3) is 22.6 Å². The minimum atomic E-state index is -0.487. The van der Waals surface area contributed by atoms with Gasteiger partial charge in [0.05, 0.1) is 22.2 Å². The third kappa shape index (κ3) is 4.04. The van der Waals surface area contributed by atoms with Crippen LogP contribution >= 0.6 is 0 Å². The quantitative estimate of drug-likeness (QED) is 0.303. The highest BCUT2D eigenvalue weighted by molar-refractivity contribution is 5.85. The van der Waals surface area contributed by atoms with Crippen LogP contribution in [0.4, 0.5) is 5.69 Å². The van der Waals surface area contributed by atoms with E-state index in [0.717, 1.165) is 11.0 Å². The third-order valence-electron chi connectivity index (χ3n) is 4.33. The first-order valence-corrected chi connectivity index (χ1v) is 9.05. The maximum absolute atomic E-state index is 12.5. The van der Waals surface area contributed by atoms with Gasteiger partial charge in [0, 0.05) is 23.9 Å². The van der Waals surface area contributed by atoms with Gasteiger partial charge in [0.1, 0.15) is 12.2 Å². The molecule has 0 aliphatic carbocycles. The number of aromatic nitrogens is 3. The Labute approximate surface area is 170 Å². The zero-order valence-corrected chi connectivity index (χ0v) is 15.7. The summed E-state index contributed by atoms with van der Waals surface area (Å²) in [6, 6.07) is 19.0. The second kappa shape index (κ2) is 8.31. The van der Waals surface area contributed by atoms with Crippen LogP contribution in [0.1, 0.15) is 5.56 Å². The Hall–Kier alpha value is -4.40. The van der Waals surface area contributed by atoms with Crippen LogP contribution in [0.5, 0.6) is 0 Å². The van der Waals surface area contributed by atoms with Crippen LogP contribution in [-0.4, -0.2) is 31.6 Å². The van der Waals surface area contributed by atoms with E-state index < -0.39 is 4.92 Å². The Morgan fingerprint density at radius 2 is 1.97 bits per heavy atom. The summed E-state index contributed by atoms with van der Waals surface area (Å²) in [6.45, 7) is -0.0152. The standard InChI is InChI=1S/C21H16N6O3/c28-20(25-23-13-15-6-5-7-16(12-15)27(29)30)14-26-19-10-2-1-8-17(19)24-21(26)18-9-3-4-11-22-18/h1-13H,14H2,(H,25,28)/b23-13-. The number of benzene rings is 2. The van der Waals surface area contributed by atoms with E-state index in [1.165, 1.54) is 18.3 Å². The molecule has 0 unspecified atom stereocenters. The molecule has 4 rings (SSSR count). The molecule has 1 N–H and O–H groups in total. The lowest BCUT2D eigenvalue weighted by atomic mass is 10.2. The molecule has 0 radical (unpaired) electrons. The van der Waals surface area contributed by atoms with Crippen LogP contribution in [0.15, 0.2) is 78.0 Å². The molecule has 0 atom stereocenters. The first-order chi connectivity index (χ1) is 14.6. The largest absolute Gasteiger partial charge is 0.313 e. The van der Waals surface area contributed by atoms with Gasteiger partial charge in [-0.25, -0.2) is 10.4 Å². The second-order valence-electron chi connectivity index (χ2n) is 6.37. The van der Waals surface area contributed by atoms with Gasteiger partial charge in [-0.05, 0) is 24.3 Å². The number of hydrogen-bond acceptors (Lipinski definition) is 6. The molecular formula is C21H16N6O3. The Bertz CT molecular complexity index is 1250. The fraction of sp³-hybridized carbons (Fsp3) is 0.0476. The average Bonchev–Trinajstić information content (AvgIpc) is 3.13. The van der Waals surface area contributed by atoms with Gasteiger partial charge in [0.15, 0.2) is 5.82 Å². The molecule has 0 aliphatic rings. The first kappa shape index (κ1) is 18.9. The average molecular weight is 400 g/mol. The van der Waals surface area contributed by atoms with E-state index in [1.807, 2.05) is 42.5 Å². The van der Waals surface area contributed by atoms with Gasteiger partial charge in [0.2, 0.25) is 0 Å². The van der Waals surface area contributed by atoms with E-state index in [1.54, 1.807) is 22.9 Å². The number of non-ortho nitro benzene ring substituents is 1. The topological polar surface area (TPSA) is 115 Å². The molecule has 2 heterocycles. The molecule has 9 nitrogen and oxygen atoms in total. The van der Waals surface area contributed by atoms with Gasteiger partial charge in [0.25, 0.3) is 11.6 Å². The van der Waals surface area contributed by atoms with Gasteiger partial charge in [-0.2, -0.15) is 5.10 Å². The number of nitro benzene ring substituents is 1. The number of imidazole rings is 1. The molecule has 4 aromatic rings. The second-order valence-corrected chi connectivity index (χ2v) is 6.37. The van der Waals surface area contributed by atoms with Crippen molar-refractivity contribution in [2.24, 2.45) is 5.10 Å². The summed E-state index contributed by atoms with van der Waals surface area (Å²) in [6.07, 6.45) is 3.03. The van der Waals surface area contributed by atoms with Crippen molar-refractivity contribution >= 4 is 28.8 Å². The number of fused-ring (bicyclic) bond motifs is 1. The predicted molar refractivity (Wildman–Crippen MR) is 112 cm³/mol. The number of carbonyl (C=O) groups is 1. The lowest BCUT2D eigenvalue weighted by molar-refractivity contribution is -0.384. The highest BCUT2D eigenvalue weighted by atomic mass is 16.6.